The zero-order chi connectivity index (χ0) is 18.5. The summed E-state index contributed by atoms with van der Waals surface area (Å²) in [5.41, 5.74) is 9.86. The van der Waals surface area contributed by atoms with Gasteiger partial charge < -0.3 is 10.3 Å². The Morgan fingerprint density at radius 2 is 1.88 bits per heavy atom. The van der Waals surface area contributed by atoms with Crippen LogP contribution in [-0.4, -0.2) is 22.6 Å². The fraction of sp³-hybridized carbons (Fsp3) is 0.105. The van der Waals surface area contributed by atoms with Crippen LogP contribution in [0.2, 0.25) is 5.02 Å². The van der Waals surface area contributed by atoms with Crippen LogP contribution in [-0.2, 0) is 11.3 Å². The number of aromatic nitrogens is 1. The molecule has 0 unspecified atom stereocenters. The predicted octanol–water partition coefficient (Wildman–Crippen LogP) is 2.93. The Morgan fingerprint density at radius 3 is 2.65 bits per heavy atom. The molecular weight excluding hydrogens is 352 g/mol. The monoisotopic (exact) mass is 368 g/mol. The highest BCUT2D eigenvalue weighted by Crippen LogP contribution is 2.20. The molecule has 1 aromatic heterocycles. The summed E-state index contributed by atoms with van der Waals surface area (Å²) in [6.07, 6.45) is 3.69. The van der Waals surface area contributed by atoms with Crippen molar-refractivity contribution in [2.75, 3.05) is 0 Å². The molecule has 0 radical (unpaired) electrons. The number of amides is 2. The molecule has 6 nitrogen and oxygen atoms in total. The zero-order valence-corrected chi connectivity index (χ0v) is 14.6. The predicted molar refractivity (Wildman–Crippen MR) is 102 cm³/mol. The molecule has 26 heavy (non-hydrogen) atoms. The summed E-state index contributed by atoms with van der Waals surface area (Å²) in [6, 6.07) is 14.5. The second-order valence-corrected chi connectivity index (χ2v) is 6.10. The second-order valence-electron chi connectivity index (χ2n) is 5.69. The van der Waals surface area contributed by atoms with Crippen LogP contribution in [0.4, 0.5) is 0 Å². The zero-order valence-electron chi connectivity index (χ0n) is 13.9. The number of primary amides is 1. The van der Waals surface area contributed by atoms with Gasteiger partial charge in [0.15, 0.2) is 0 Å². The number of hydrogen-bond acceptors (Lipinski definition) is 3. The number of hydrogen-bond donors (Lipinski definition) is 2. The quantitative estimate of drug-likeness (QED) is 0.517. The molecule has 0 spiro atoms. The maximum absolute atomic E-state index is 12.1. The minimum Gasteiger partial charge on any atom is -0.370 e. The van der Waals surface area contributed by atoms with Crippen molar-refractivity contribution in [3.05, 3.63) is 70.9 Å². The molecule has 2 amide bonds. The van der Waals surface area contributed by atoms with Gasteiger partial charge in [0.1, 0.15) is 0 Å². The van der Waals surface area contributed by atoms with E-state index in [1.165, 1.54) is 0 Å². The first kappa shape index (κ1) is 17.7. The number of carbonyl (C=O) groups excluding carboxylic acids is 2. The number of halogens is 1. The molecule has 0 saturated heterocycles. The van der Waals surface area contributed by atoms with E-state index >= 15 is 0 Å². The minimum absolute atomic E-state index is 0.249. The first-order valence-electron chi connectivity index (χ1n) is 8.00. The number of nitrogens with two attached hydrogens (primary N) is 1. The number of fused-ring (bicyclic) bond motifs is 1. The smallest absolute Gasteiger partial charge is 0.272 e. The normalized spacial score (nSPS) is 11.1. The molecule has 0 atom stereocenters. The topological polar surface area (TPSA) is 89.5 Å². The van der Waals surface area contributed by atoms with Gasteiger partial charge in [-0.1, -0.05) is 41.9 Å². The summed E-state index contributed by atoms with van der Waals surface area (Å²) < 4.78 is 1.94. The lowest BCUT2D eigenvalue weighted by Gasteiger charge is -2.02. The third kappa shape index (κ3) is 3.92. The molecule has 0 aliphatic rings. The summed E-state index contributed by atoms with van der Waals surface area (Å²) in [4.78, 5) is 23.2. The summed E-state index contributed by atoms with van der Waals surface area (Å²) in [5.74, 6) is -0.741. The molecule has 132 valence electrons. The molecule has 0 aliphatic carbocycles. The van der Waals surface area contributed by atoms with Crippen molar-refractivity contribution < 1.29 is 9.59 Å². The maximum Gasteiger partial charge on any atom is 0.272 e. The average molecular weight is 369 g/mol. The first-order valence-corrected chi connectivity index (χ1v) is 8.38. The third-order valence-electron chi connectivity index (χ3n) is 3.91. The van der Waals surface area contributed by atoms with Gasteiger partial charge in [0.2, 0.25) is 5.91 Å². The van der Waals surface area contributed by atoms with Crippen LogP contribution in [0.1, 0.15) is 22.3 Å². The average Bonchev–Trinajstić information content (AvgIpc) is 2.98. The first-order chi connectivity index (χ1) is 12.6. The molecule has 0 saturated carbocycles. The number of para-hydroxylation sites is 1. The van der Waals surface area contributed by atoms with E-state index in [0.717, 1.165) is 16.5 Å². The summed E-state index contributed by atoms with van der Waals surface area (Å²) in [7, 11) is 0. The van der Waals surface area contributed by atoms with Crippen LogP contribution in [0, 0.1) is 0 Å². The van der Waals surface area contributed by atoms with Crippen molar-refractivity contribution in [2.24, 2.45) is 10.8 Å². The van der Waals surface area contributed by atoms with E-state index in [1.807, 2.05) is 35.0 Å². The maximum atomic E-state index is 12.1. The Kier molecular flexibility index (Phi) is 5.34. The number of carbonyl (C=O) groups is 2. The fourth-order valence-corrected chi connectivity index (χ4v) is 2.88. The van der Waals surface area contributed by atoms with Gasteiger partial charge in [-0.25, -0.2) is 5.43 Å². The van der Waals surface area contributed by atoms with E-state index in [0.29, 0.717) is 17.1 Å². The SMILES string of the molecule is NC(=O)CCn1cc(/C=N\NC(=O)c2ccccc2Cl)c2ccccc21. The fourth-order valence-electron chi connectivity index (χ4n) is 2.66. The Morgan fingerprint density at radius 1 is 1.15 bits per heavy atom. The summed E-state index contributed by atoms with van der Waals surface area (Å²) >= 11 is 6.00. The van der Waals surface area contributed by atoms with E-state index in [2.05, 4.69) is 10.5 Å². The highest BCUT2D eigenvalue weighted by Gasteiger charge is 2.09. The van der Waals surface area contributed by atoms with Crippen molar-refractivity contribution in [2.45, 2.75) is 13.0 Å². The summed E-state index contributed by atoms with van der Waals surface area (Å²) in [5, 5.41) is 5.36. The van der Waals surface area contributed by atoms with Gasteiger partial charge in [0, 0.05) is 35.6 Å². The van der Waals surface area contributed by atoms with Gasteiger partial charge in [0.25, 0.3) is 5.91 Å². The number of nitrogens with one attached hydrogen (secondary N) is 1. The van der Waals surface area contributed by atoms with Crippen LogP contribution in [0.3, 0.4) is 0 Å². The lowest BCUT2D eigenvalue weighted by molar-refractivity contribution is -0.118. The Labute approximate surface area is 155 Å². The lowest BCUT2D eigenvalue weighted by atomic mass is 10.2. The molecule has 2 aromatic carbocycles. The highest BCUT2D eigenvalue weighted by molar-refractivity contribution is 6.33. The van der Waals surface area contributed by atoms with Gasteiger partial charge in [-0.05, 0) is 18.2 Å². The van der Waals surface area contributed by atoms with Crippen LogP contribution < -0.4 is 11.2 Å². The Hall–Kier alpha value is -3.12. The Bertz CT molecular complexity index is 994. The molecule has 0 fully saturated rings. The van der Waals surface area contributed by atoms with E-state index in [-0.39, 0.29) is 18.2 Å². The largest absolute Gasteiger partial charge is 0.370 e. The van der Waals surface area contributed by atoms with Gasteiger partial charge in [0.05, 0.1) is 16.8 Å². The molecule has 1 heterocycles. The van der Waals surface area contributed by atoms with Crippen LogP contribution in [0.5, 0.6) is 0 Å². The van der Waals surface area contributed by atoms with Crippen molar-refractivity contribution in [3.8, 4) is 0 Å². The van der Waals surface area contributed by atoms with Crippen LogP contribution >= 0.6 is 11.6 Å². The molecular formula is C19H17ClN4O2. The van der Waals surface area contributed by atoms with Gasteiger partial charge in [-0.3, -0.25) is 9.59 Å². The number of rotatable bonds is 6. The van der Waals surface area contributed by atoms with E-state index in [9.17, 15) is 9.59 Å². The number of nitrogens with zero attached hydrogens (tertiary/aromatic N) is 2. The molecule has 3 N–H and O–H groups in total. The van der Waals surface area contributed by atoms with Gasteiger partial charge >= 0.3 is 0 Å². The van der Waals surface area contributed by atoms with Crippen LogP contribution in [0.15, 0.2) is 59.8 Å². The molecule has 0 bridgehead atoms. The van der Waals surface area contributed by atoms with Crippen molar-refractivity contribution in [1.82, 2.24) is 9.99 Å². The van der Waals surface area contributed by atoms with E-state index < -0.39 is 0 Å². The van der Waals surface area contributed by atoms with Crippen molar-refractivity contribution >= 4 is 40.5 Å². The molecule has 7 heteroatoms. The molecule has 3 rings (SSSR count). The number of benzene rings is 2. The van der Waals surface area contributed by atoms with Crippen molar-refractivity contribution in [3.63, 3.8) is 0 Å². The van der Waals surface area contributed by atoms with E-state index in [1.54, 1.807) is 30.5 Å². The lowest BCUT2D eigenvalue weighted by Crippen LogP contribution is -2.17. The van der Waals surface area contributed by atoms with Gasteiger partial charge in [-0.2, -0.15) is 5.10 Å². The van der Waals surface area contributed by atoms with Crippen LogP contribution in [0.25, 0.3) is 10.9 Å². The number of aryl methyl sites for hydroxylation is 1. The minimum atomic E-state index is -0.385. The second kappa shape index (κ2) is 7.84. The van der Waals surface area contributed by atoms with Crippen molar-refractivity contribution in [1.29, 1.82) is 0 Å². The Balaban J connectivity index is 1.80. The molecule has 0 aliphatic heterocycles. The van der Waals surface area contributed by atoms with E-state index in [4.69, 9.17) is 17.3 Å². The third-order valence-corrected chi connectivity index (χ3v) is 4.24. The standard InChI is InChI=1S/C19H17ClN4O2/c20-16-7-3-1-6-15(16)19(26)23-22-11-13-12-24(10-9-18(21)25)17-8-4-2-5-14(13)17/h1-8,11-12H,9-10H2,(H2,21,25)(H,23,26)/b22-11-. The summed E-state index contributed by atoms with van der Waals surface area (Å²) in [6.45, 7) is 0.482. The molecule has 3 aromatic rings. The van der Waals surface area contributed by atoms with Gasteiger partial charge in [-0.15, -0.1) is 0 Å². The number of hydrazone groups is 1. The highest BCUT2D eigenvalue weighted by atomic mass is 35.5.